The van der Waals surface area contributed by atoms with Gasteiger partial charge in [-0.05, 0) is 19.9 Å². The van der Waals surface area contributed by atoms with Gasteiger partial charge in [0.1, 0.15) is 0 Å². The zero-order chi connectivity index (χ0) is 13.7. The van der Waals surface area contributed by atoms with Crippen LogP contribution in [0.1, 0.15) is 24.2 Å². The van der Waals surface area contributed by atoms with Crippen LogP contribution < -0.4 is 4.74 Å². The lowest BCUT2D eigenvalue weighted by molar-refractivity contribution is 0.0526. The van der Waals surface area contributed by atoms with Crippen molar-refractivity contribution in [2.24, 2.45) is 0 Å². The molecule has 0 bridgehead atoms. The maximum absolute atomic E-state index is 11.5. The number of rotatable bonds is 5. The van der Waals surface area contributed by atoms with Crippen molar-refractivity contribution in [2.45, 2.75) is 13.8 Å². The Morgan fingerprint density at radius 1 is 1.32 bits per heavy atom. The van der Waals surface area contributed by atoms with E-state index in [-0.39, 0.29) is 0 Å². The lowest BCUT2D eigenvalue weighted by Crippen LogP contribution is -2.04. The highest BCUT2D eigenvalue weighted by atomic mass is 16.5. The smallest absolute Gasteiger partial charge is 0.341 e. The van der Waals surface area contributed by atoms with Gasteiger partial charge < -0.3 is 9.47 Å². The SMILES string of the molecule is CCOC(=O)c1cnn(-c2cccc(OCC)n2)c1. The van der Waals surface area contributed by atoms with Crippen LogP contribution >= 0.6 is 0 Å². The number of ether oxygens (including phenoxy) is 2. The summed E-state index contributed by atoms with van der Waals surface area (Å²) >= 11 is 0. The molecular formula is C13H15N3O3. The third-order valence-electron chi connectivity index (χ3n) is 2.33. The first kappa shape index (κ1) is 13.1. The minimum absolute atomic E-state index is 0.335. The molecule has 0 atom stereocenters. The largest absolute Gasteiger partial charge is 0.478 e. The minimum Gasteiger partial charge on any atom is -0.478 e. The van der Waals surface area contributed by atoms with E-state index in [9.17, 15) is 4.79 Å². The van der Waals surface area contributed by atoms with E-state index in [1.54, 1.807) is 25.3 Å². The number of pyridine rings is 1. The van der Waals surface area contributed by atoms with Crippen LogP contribution in [0.4, 0.5) is 0 Å². The first-order valence-corrected chi connectivity index (χ1v) is 6.06. The van der Waals surface area contributed by atoms with Gasteiger partial charge >= 0.3 is 5.97 Å². The fourth-order valence-corrected chi connectivity index (χ4v) is 1.53. The van der Waals surface area contributed by atoms with E-state index in [0.29, 0.717) is 30.5 Å². The molecular weight excluding hydrogens is 246 g/mol. The van der Waals surface area contributed by atoms with Crippen LogP contribution in [0.2, 0.25) is 0 Å². The molecule has 0 N–H and O–H groups in total. The molecule has 0 fully saturated rings. The van der Waals surface area contributed by atoms with Gasteiger partial charge in [0.15, 0.2) is 5.82 Å². The van der Waals surface area contributed by atoms with Gasteiger partial charge in [0.2, 0.25) is 5.88 Å². The van der Waals surface area contributed by atoms with E-state index in [4.69, 9.17) is 9.47 Å². The Kier molecular flexibility index (Phi) is 4.12. The normalized spacial score (nSPS) is 10.2. The number of carbonyl (C=O) groups excluding carboxylic acids is 1. The molecule has 2 aromatic heterocycles. The molecule has 6 nitrogen and oxygen atoms in total. The maximum atomic E-state index is 11.5. The van der Waals surface area contributed by atoms with Crippen LogP contribution in [0, 0.1) is 0 Å². The van der Waals surface area contributed by atoms with Crippen molar-refractivity contribution in [3.05, 3.63) is 36.2 Å². The Bertz CT molecular complexity index is 566. The fourth-order valence-electron chi connectivity index (χ4n) is 1.53. The Balaban J connectivity index is 2.22. The van der Waals surface area contributed by atoms with Gasteiger partial charge in [-0.3, -0.25) is 0 Å². The van der Waals surface area contributed by atoms with Gasteiger partial charge in [-0.1, -0.05) is 6.07 Å². The Hall–Kier alpha value is -2.37. The van der Waals surface area contributed by atoms with Gasteiger partial charge in [0, 0.05) is 12.3 Å². The van der Waals surface area contributed by atoms with Gasteiger partial charge in [-0.15, -0.1) is 0 Å². The van der Waals surface area contributed by atoms with Crippen LogP contribution in [0.5, 0.6) is 5.88 Å². The first-order valence-electron chi connectivity index (χ1n) is 6.06. The summed E-state index contributed by atoms with van der Waals surface area (Å²) < 4.78 is 11.7. The summed E-state index contributed by atoms with van der Waals surface area (Å²) in [6.45, 7) is 4.53. The highest BCUT2D eigenvalue weighted by molar-refractivity contribution is 5.88. The monoisotopic (exact) mass is 261 g/mol. The van der Waals surface area contributed by atoms with Crippen molar-refractivity contribution in [2.75, 3.05) is 13.2 Å². The average molecular weight is 261 g/mol. The molecule has 0 spiro atoms. The molecule has 0 unspecified atom stereocenters. The molecule has 0 saturated carbocycles. The lowest BCUT2D eigenvalue weighted by atomic mass is 10.4. The van der Waals surface area contributed by atoms with Crippen LogP contribution in [-0.4, -0.2) is 33.9 Å². The molecule has 2 aromatic rings. The summed E-state index contributed by atoms with van der Waals surface area (Å²) in [7, 11) is 0. The van der Waals surface area contributed by atoms with Gasteiger partial charge in [-0.2, -0.15) is 10.1 Å². The summed E-state index contributed by atoms with van der Waals surface area (Å²) in [4.78, 5) is 15.8. The summed E-state index contributed by atoms with van der Waals surface area (Å²) in [5.41, 5.74) is 0.394. The number of nitrogens with zero attached hydrogens (tertiary/aromatic N) is 3. The lowest BCUT2D eigenvalue weighted by Gasteiger charge is -2.04. The van der Waals surface area contributed by atoms with Crippen LogP contribution in [0.25, 0.3) is 5.82 Å². The Morgan fingerprint density at radius 2 is 2.16 bits per heavy atom. The topological polar surface area (TPSA) is 66.2 Å². The predicted molar refractivity (Wildman–Crippen MR) is 68.5 cm³/mol. The minimum atomic E-state index is -0.394. The van der Waals surface area contributed by atoms with Crippen molar-refractivity contribution in [3.8, 4) is 11.7 Å². The molecule has 0 aliphatic rings. The highest BCUT2D eigenvalue weighted by Gasteiger charge is 2.10. The highest BCUT2D eigenvalue weighted by Crippen LogP contribution is 2.12. The number of hydrogen-bond donors (Lipinski definition) is 0. The molecule has 0 saturated heterocycles. The fraction of sp³-hybridized carbons (Fsp3) is 0.308. The van der Waals surface area contributed by atoms with E-state index in [1.165, 1.54) is 10.9 Å². The van der Waals surface area contributed by atoms with E-state index < -0.39 is 5.97 Å². The molecule has 0 radical (unpaired) electrons. The summed E-state index contributed by atoms with van der Waals surface area (Å²) in [5, 5.41) is 4.09. The second-order valence-corrected chi connectivity index (χ2v) is 3.66. The summed E-state index contributed by atoms with van der Waals surface area (Å²) in [5.74, 6) is 0.712. The van der Waals surface area contributed by atoms with Gasteiger partial charge in [0.25, 0.3) is 0 Å². The van der Waals surface area contributed by atoms with Crippen LogP contribution in [0.15, 0.2) is 30.6 Å². The molecule has 2 rings (SSSR count). The molecule has 0 aliphatic heterocycles. The molecule has 2 heterocycles. The van der Waals surface area contributed by atoms with Crippen molar-refractivity contribution < 1.29 is 14.3 Å². The third kappa shape index (κ3) is 3.09. The Labute approximate surface area is 111 Å². The van der Waals surface area contributed by atoms with E-state index >= 15 is 0 Å². The van der Waals surface area contributed by atoms with Crippen molar-refractivity contribution in [1.82, 2.24) is 14.8 Å². The zero-order valence-electron chi connectivity index (χ0n) is 10.9. The molecule has 0 aromatic carbocycles. The molecule has 0 aliphatic carbocycles. The molecule has 19 heavy (non-hydrogen) atoms. The second kappa shape index (κ2) is 5.99. The Morgan fingerprint density at radius 3 is 2.89 bits per heavy atom. The van der Waals surface area contributed by atoms with E-state index in [2.05, 4.69) is 10.1 Å². The average Bonchev–Trinajstić information content (AvgIpc) is 2.89. The molecule has 6 heteroatoms. The first-order chi connectivity index (χ1) is 9.24. The second-order valence-electron chi connectivity index (χ2n) is 3.66. The van der Waals surface area contributed by atoms with Crippen molar-refractivity contribution in [3.63, 3.8) is 0 Å². The zero-order valence-corrected chi connectivity index (χ0v) is 10.9. The van der Waals surface area contributed by atoms with Crippen LogP contribution in [0.3, 0.4) is 0 Å². The number of hydrogen-bond acceptors (Lipinski definition) is 5. The maximum Gasteiger partial charge on any atom is 0.341 e. The van der Waals surface area contributed by atoms with Crippen LogP contribution in [-0.2, 0) is 4.74 Å². The number of carbonyl (C=O) groups is 1. The van der Waals surface area contributed by atoms with Gasteiger partial charge in [0.05, 0.1) is 25.0 Å². The summed E-state index contributed by atoms with van der Waals surface area (Å²) in [6.07, 6.45) is 3.03. The predicted octanol–water partition coefficient (Wildman–Crippen LogP) is 1.84. The van der Waals surface area contributed by atoms with Gasteiger partial charge in [-0.25, -0.2) is 9.48 Å². The quantitative estimate of drug-likeness (QED) is 0.768. The standard InChI is InChI=1S/C13H15N3O3/c1-3-18-12-7-5-6-11(15-12)16-9-10(8-14-16)13(17)19-4-2/h5-9H,3-4H2,1-2H3. The van der Waals surface area contributed by atoms with E-state index in [0.717, 1.165) is 0 Å². The molecule has 100 valence electrons. The van der Waals surface area contributed by atoms with Crippen molar-refractivity contribution in [1.29, 1.82) is 0 Å². The number of aromatic nitrogens is 3. The van der Waals surface area contributed by atoms with E-state index in [1.807, 2.05) is 13.0 Å². The van der Waals surface area contributed by atoms with Crippen molar-refractivity contribution >= 4 is 5.97 Å². The summed E-state index contributed by atoms with van der Waals surface area (Å²) in [6, 6.07) is 5.37. The molecule has 0 amide bonds. The number of esters is 1. The third-order valence-corrected chi connectivity index (χ3v) is 2.33.